The van der Waals surface area contributed by atoms with E-state index in [4.69, 9.17) is 9.47 Å². The first-order valence-electron chi connectivity index (χ1n) is 10.2. The molecule has 10 heteroatoms. The Hall–Kier alpha value is -3.53. The van der Waals surface area contributed by atoms with Crippen LogP contribution in [0.2, 0.25) is 0 Å². The van der Waals surface area contributed by atoms with Gasteiger partial charge >= 0.3 is 6.03 Å². The predicted octanol–water partition coefficient (Wildman–Crippen LogP) is 3.37. The number of urea groups is 1. The molecule has 4 rings (SSSR count). The number of hydrogen-bond acceptors (Lipinski definition) is 7. The van der Waals surface area contributed by atoms with Crippen LogP contribution in [-0.2, 0) is 11.3 Å². The van der Waals surface area contributed by atoms with E-state index in [1.165, 1.54) is 0 Å². The van der Waals surface area contributed by atoms with Crippen molar-refractivity contribution in [1.29, 1.82) is 0 Å². The molecule has 9 nitrogen and oxygen atoms in total. The second-order valence-electron chi connectivity index (χ2n) is 7.08. The van der Waals surface area contributed by atoms with E-state index in [-0.39, 0.29) is 18.1 Å². The molecule has 32 heavy (non-hydrogen) atoms. The third kappa shape index (κ3) is 4.86. The van der Waals surface area contributed by atoms with Gasteiger partial charge in [0.05, 0.1) is 16.7 Å². The van der Waals surface area contributed by atoms with E-state index < -0.39 is 11.9 Å². The first-order valence-corrected chi connectivity index (χ1v) is 11.2. The van der Waals surface area contributed by atoms with Crippen molar-refractivity contribution in [2.45, 2.75) is 31.5 Å². The van der Waals surface area contributed by atoms with E-state index in [1.807, 2.05) is 13.0 Å². The minimum absolute atomic E-state index is 0.0640. The Labute approximate surface area is 188 Å². The van der Waals surface area contributed by atoms with Crippen molar-refractivity contribution in [1.82, 2.24) is 14.9 Å². The summed E-state index contributed by atoms with van der Waals surface area (Å²) >= 11 is 1.12. The number of carbonyl (C=O) groups is 2. The van der Waals surface area contributed by atoms with Crippen molar-refractivity contribution < 1.29 is 19.1 Å². The van der Waals surface area contributed by atoms with E-state index in [0.717, 1.165) is 24.6 Å². The van der Waals surface area contributed by atoms with Gasteiger partial charge in [0, 0.05) is 18.3 Å². The number of nitrogens with zero attached hydrogens (tertiary/aromatic N) is 2. The summed E-state index contributed by atoms with van der Waals surface area (Å²) in [5.41, 5.74) is 0.915. The average molecular weight is 455 g/mol. The Morgan fingerprint density at radius 1 is 1.16 bits per heavy atom. The highest BCUT2D eigenvalue weighted by molar-refractivity contribution is 7.99. The molecule has 0 saturated heterocycles. The summed E-state index contributed by atoms with van der Waals surface area (Å²) in [5.74, 6) is 0.557. The molecular weight excluding hydrogens is 432 g/mol. The van der Waals surface area contributed by atoms with Gasteiger partial charge in [-0.1, -0.05) is 37.2 Å². The van der Waals surface area contributed by atoms with Gasteiger partial charge in [-0.2, -0.15) is 0 Å². The number of imide groups is 1. The first-order chi connectivity index (χ1) is 15.5. The molecule has 2 aromatic carbocycles. The maximum absolute atomic E-state index is 12.9. The van der Waals surface area contributed by atoms with Gasteiger partial charge in [-0.3, -0.25) is 19.5 Å². The van der Waals surface area contributed by atoms with Crippen LogP contribution in [0.1, 0.15) is 19.8 Å². The zero-order valence-electron chi connectivity index (χ0n) is 17.4. The minimum Gasteiger partial charge on any atom is -0.454 e. The third-order valence-electron chi connectivity index (χ3n) is 4.78. The van der Waals surface area contributed by atoms with Gasteiger partial charge in [-0.25, -0.2) is 9.78 Å². The number of unbranched alkanes of at least 4 members (excludes halogenated alkanes) is 1. The number of aromatic nitrogens is 2. The molecule has 1 aromatic heterocycles. The van der Waals surface area contributed by atoms with Crippen LogP contribution in [0.5, 0.6) is 11.5 Å². The number of nitrogens with one attached hydrogen (secondary N) is 2. The number of thioether (sulfide) groups is 1. The van der Waals surface area contributed by atoms with Crippen molar-refractivity contribution in [2.75, 3.05) is 17.9 Å². The second kappa shape index (κ2) is 9.73. The Kier molecular flexibility index (Phi) is 6.60. The van der Waals surface area contributed by atoms with E-state index in [2.05, 4.69) is 15.6 Å². The zero-order valence-corrected chi connectivity index (χ0v) is 18.2. The van der Waals surface area contributed by atoms with Crippen LogP contribution >= 0.6 is 11.8 Å². The molecule has 0 atom stereocenters. The fourth-order valence-corrected chi connectivity index (χ4v) is 4.03. The number of para-hydroxylation sites is 1. The number of amides is 3. The largest absolute Gasteiger partial charge is 0.454 e. The van der Waals surface area contributed by atoms with Crippen LogP contribution in [0.3, 0.4) is 0 Å². The van der Waals surface area contributed by atoms with Crippen LogP contribution < -0.4 is 25.7 Å². The topological polar surface area (TPSA) is 112 Å². The summed E-state index contributed by atoms with van der Waals surface area (Å²) in [4.78, 5) is 41.9. The number of rotatable bonds is 7. The van der Waals surface area contributed by atoms with Crippen LogP contribution in [0.25, 0.3) is 10.9 Å². The maximum atomic E-state index is 12.9. The van der Waals surface area contributed by atoms with Gasteiger partial charge in [0.2, 0.25) is 12.7 Å². The molecule has 0 unspecified atom stereocenters. The molecule has 3 amide bonds. The highest BCUT2D eigenvalue weighted by Gasteiger charge is 2.16. The molecule has 2 heterocycles. The molecule has 166 valence electrons. The summed E-state index contributed by atoms with van der Waals surface area (Å²) in [5, 5.41) is 5.86. The molecule has 1 aliphatic heterocycles. The van der Waals surface area contributed by atoms with Crippen molar-refractivity contribution in [3.05, 3.63) is 52.8 Å². The standard InChI is InChI=1S/C22H22N4O5S/c1-2-3-10-26-20(28)15-6-4-5-7-16(15)24-22(26)32-12-19(27)25-21(29)23-14-8-9-17-18(11-14)31-13-30-17/h4-9,11H,2-3,10,12-13H2,1H3,(H2,23,25,27,29). The van der Waals surface area contributed by atoms with E-state index >= 15 is 0 Å². The normalized spacial score (nSPS) is 12.0. The van der Waals surface area contributed by atoms with Crippen LogP contribution in [0, 0.1) is 0 Å². The number of hydrogen-bond donors (Lipinski definition) is 2. The zero-order chi connectivity index (χ0) is 22.5. The lowest BCUT2D eigenvalue weighted by Gasteiger charge is -2.12. The highest BCUT2D eigenvalue weighted by atomic mass is 32.2. The van der Waals surface area contributed by atoms with Gasteiger partial charge in [0.1, 0.15) is 0 Å². The highest BCUT2D eigenvalue weighted by Crippen LogP contribution is 2.34. The summed E-state index contributed by atoms with van der Waals surface area (Å²) in [6.45, 7) is 2.69. The monoisotopic (exact) mass is 454 g/mol. The predicted molar refractivity (Wildman–Crippen MR) is 121 cm³/mol. The van der Waals surface area contributed by atoms with Crippen LogP contribution in [-0.4, -0.2) is 34.0 Å². The van der Waals surface area contributed by atoms with Crippen molar-refractivity contribution in [3.63, 3.8) is 0 Å². The quantitative estimate of drug-likeness (QED) is 0.416. The Bertz CT molecular complexity index is 1230. The van der Waals surface area contributed by atoms with E-state index in [1.54, 1.807) is 41.0 Å². The number of ether oxygens (including phenoxy) is 2. The molecule has 3 aromatic rings. The second-order valence-corrected chi connectivity index (χ2v) is 8.02. The van der Waals surface area contributed by atoms with Gasteiger partial charge in [0.25, 0.3) is 5.56 Å². The Morgan fingerprint density at radius 2 is 1.97 bits per heavy atom. The van der Waals surface area contributed by atoms with Crippen LogP contribution in [0.4, 0.5) is 10.5 Å². The van der Waals surface area contributed by atoms with Gasteiger partial charge < -0.3 is 14.8 Å². The average Bonchev–Trinajstić information content (AvgIpc) is 3.25. The molecule has 0 bridgehead atoms. The fourth-order valence-electron chi connectivity index (χ4n) is 3.20. The van der Waals surface area contributed by atoms with Crippen molar-refractivity contribution in [3.8, 4) is 11.5 Å². The summed E-state index contributed by atoms with van der Waals surface area (Å²) in [6.07, 6.45) is 1.74. The number of benzene rings is 2. The fraction of sp³-hybridized carbons (Fsp3) is 0.273. The molecule has 0 aliphatic carbocycles. The number of anilines is 1. The van der Waals surface area contributed by atoms with Gasteiger partial charge in [0.15, 0.2) is 16.7 Å². The van der Waals surface area contributed by atoms with E-state index in [0.29, 0.717) is 39.8 Å². The molecule has 0 fully saturated rings. The SMILES string of the molecule is CCCCn1c(SCC(=O)NC(=O)Nc2ccc3c(c2)OCO3)nc2ccccc2c1=O. The lowest BCUT2D eigenvalue weighted by Crippen LogP contribution is -2.35. The third-order valence-corrected chi connectivity index (χ3v) is 5.75. The van der Waals surface area contributed by atoms with Gasteiger partial charge in [-0.15, -0.1) is 0 Å². The van der Waals surface area contributed by atoms with Gasteiger partial charge in [-0.05, 0) is 30.7 Å². The maximum Gasteiger partial charge on any atom is 0.325 e. The molecular formula is C22H22N4O5S. The summed E-state index contributed by atoms with van der Waals surface area (Å²) in [6, 6.07) is 11.4. The smallest absolute Gasteiger partial charge is 0.325 e. The van der Waals surface area contributed by atoms with Crippen molar-refractivity contribution in [2.24, 2.45) is 0 Å². The molecule has 1 aliphatic rings. The summed E-state index contributed by atoms with van der Waals surface area (Å²) in [7, 11) is 0. The molecule has 2 N–H and O–H groups in total. The molecule has 0 saturated carbocycles. The van der Waals surface area contributed by atoms with Crippen LogP contribution in [0.15, 0.2) is 52.4 Å². The minimum atomic E-state index is -0.663. The van der Waals surface area contributed by atoms with Crippen molar-refractivity contribution >= 4 is 40.3 Å². The molecule has 0 spiro atoms. The number of fused-ring (bicyclic) bond motifs is 2. The molecule has 0 radical (unpaired) electrons. The number of carbonyl (C=O) groups excluding carboxylic acids is 2. The Morgan fingerprint density at radius 3 is 2.81 bits per heavy atom. The lowest BCUT2D eigenvalue weighted by molar-refractivity contribution is -0.117. The van der Waals surface area contributed by atoms with E-state index in [9.17, 15) is 14.4 Å². The lowest BCUT2D eigenvalue weighted by atomic mass is 10.2. The first kappa shape index (κ1) is 21.7. The summed E-state index contributed by atoms with van der Waals surface area (Å²) < 4.78 is 12.1. The Balaban J connectivity index is 1.40.